The van der Waals surface area contributed by atoms with Gasteiger partial charge in [-0.05, 0) is 37.2 Å². The molecule has 122 valence electrons. The van der Waals surface area contributed by atoms with Crippen molar-refractivity contribution >= 4 is 28.8 Å². The summed E-state index contributed by atoms with van der Waals surface area (Å²) in [6, 6.07) is 0. The summed E-state index contributed by atoms with van der Waals surface area (Å²) in [5.74, 6) is 1.20. The number of likely N-dealkylation sites (tertiary alicyclic amines) is 2. The molecule has 23 heavy (non-hydrogen) atoms. The van der Waals surface area contributed by atoms with Crippen molar-refractivity contribution in [1.29, 1.82) is 0 Å². The molecule has 0 aliphatic carbocycles. The van der Waals surface area contributed by atoms with E-state index in [1.54, 1.807) is 11.3 Å². The summed E-state index contributed by atoms with van der Waals surface area (Å²) in [5.41, 5.74) is 1.70. The molecule has 0 spiro atoms. The van der Waals surface area contributed by atoms with E-state index in [1.807, 2.05) is 18.7 Å². The van der Waals surface area contributed by atoms with Crippen molar-refractivity contribution in [2.45, 2.75) is 20.4 Å². The minimum absolute atomic E-state index is 0.0485. The minimum Gasteiger partial charge on any atom is -0.337 e. The Morgan fingerprint density at radius 2 is 2.00 bits per heavy atom. The van der Waals surface area contributed by atoms with Crippen LogP contribution in [0, 0.1) is 25.7 Å². The van der Waals surface area contributed by atoms with E-state index in [4.69, 9.17) is 0 Å². The van der Waals surface area contributed by atoms with E-state index >= 15 is 0 Å². The summed E-state index contributed by atoms with van der Waals surface area (Å²) in [5, 5.41) is 7.27. The normalized spacial score (nSPS) is 24.3. The summed E-state index contributed by atoms with van der Waals surface area (Å²) in [7, 11) is 0. The number of amides is 1. The third-order valence-corrected chi connectivity index (χ3v) is 6.21. The van der Waals surface area contributed by atoms with Crippen molar-refractivity contribution in [2.24, 2.45) is 11.8 Å². The first kappa shape index (κ1) is 15.2. The van der Waals surface area contributed by atoms with Gasteiger partial charge in [-0.2, -0.15) is 0 Å². The maximum absolute atomic E-state index is 12.5. The van der Waals surface area contributed by atoms with Crippen LogP contribution in [0.2, 0.25) is 0 Å². The standard InChI is InChI=1S/C15H19N5OS2/c1-9-14(17-18-23-9)15(21)20-5-11-3-19(4-12(11)6-20)7-13-8-22-10(2)16-13/h8,11-12H,3-7H2,1-2H3/t11-,12+. The maximum atomic E-state index is 12.5. The van der Waals surface area contributed by atoms with Crippen LogP contribution >= 0.6 is 22.9 Å². The number of aryl methyl sites for hydroxylation is 2. The molecule has 0 saturated carbocycles. The quantitative estimate of drug-likeness (QED) is 0.846. The molecule has 2 fully saturated rings. The minimum atomic E-state index is 0.0485. The zero-order valence-corrected chi connectivity index (χ0v) is 14.9. The fraction of sp³-hybridized carbons (Fsp3) is 0.600. The second kappa shape index (κ2) is 5.92. The van der Waals surface area contributed by atoms with E-state index in [2.05, 4.69) is 24.9 Å². The molecule has 4 rings (SSSR count). The van der Waals surface area contributed by atoms with E-state index in [0.717, 1.165) is 42.6 Å². The fourth-order valence-electron chi connectivity index (χ4n) is 3.67. The fourth-order valence-corrected chi connectivity index (χ4v) is 4.74. The molecule has 0 aromatic carbocycles. The number of aromatic nitrogens is 3. The van der Waals surface area contributed by atoms with Crippen LogP contribution in [0.4, 0.5) is 0 Å². The number of nitrogens with zero attached hydrogens (tertiary/aromatic N) is 5. The Balaban J connectivity index is 1.36. The van der Waals surface area contributed by atoms with Crippen molar-refractivity contribution in [2.75, 3.05) is 26.2 Å². The van der Waals surface area contributed by atoms with E-state index in [9.17, 15) is 4.79 Å². The van der Waals surface area contributed by atoms with Crippen LogP contribution in [0.3, 0.4) is 0 Å². The van der Waals surface area contributed by atoms with Gasteiger partial charge in [0.1, 0.15) is 0 Å². The van der Waals surface area contributed by atoms with Gasteiger partial charge in [-0.1, -0.05) is 4.49 Å². The zero-order valence-electron chi connectivity index (χ0n) is 13.2. The van der Waals surface area contributed by atoms with Gasteiger partial charge < -0.3 is 4.90 Å². The summed E-state index contributed by atoms with van der Waals surface area (Å²) >= 11 is 3.00. The first-order chi connectivity index (χ1) is 11.1. The molecule has 1 amide bonds. The highest BCUT2D eigenvalue weighted by Crippen LogP contribution is 2.33. The van der Waals surface area contributed by atoms with E-state index in [1.165, 1.54) is 17.2 Å². The van der Waals surface area contributed by atoms with Crippen LogP contribution < -0.4 is 0 Å². The Labute approximate surface area is 143 Å². The largest absolute Gasteiger partial charge is 0.337 e. The number of carbonyl (C=O) groups is 1. The molecule has 2 aliphatic rings. The highest BCUT2D eigenvalue weighted by atomic mass is 32.1. The molecule has 4 heterocycles. The molecule has 0 radical (unpaired) electrons. The number of carbonyl (C=O) groups excluding carboxylic acids is 1. The second-order valence-electron chi connectivity index (χ2n) is 6.46. The first-order valence-corrected chi connectivity index (χ1v) is 9.47. The molecule has 0 N–H and O–H groups in total. The van der Waals surface area contributed by atoms with Crippen molar-refractivity contribution in [3.63, 3.8) is 0 Å². The molecular weight excluding hydrogens is 330 g/mol. The van der Waals surface area contributed by atoms with Crippen LogP contribution in [0.25, 0.3) is 0 Å². The smallest absolute Gasteiger partial charge is 0.275 e. The number of hydrogen-bond acceptors (Lipinski definition) is 7. The van der Waals surface area contributed by atoms with Gasteiger partial charge in [0.2, 0.25) is 0 Å². The van der Waals surface area contributed by atoms with Gasteiger partial charge in [0, 0.05) is 38.1 Å². The van der Waals surface area contributed by atoms with Crippen LogP contribution in [0.15, 0.2) is 5.38 Å². The Morgan fingerprint density at radius 3 is 2.57 bits per heavy atom. The van der Waals surface area contributed by atoms with E-state index < -0.39 is 0 Å². The summed E-state index contributed by atoms with van der Waals surface area (Å²) in [6.07, 6.45) is 0. The number of rotatable bonds is 3. The van der Waals surface area contributed by atoms with Crippen LogP contribution in [-0.2, 0) is 6.54 Å². The van der Waals surface area contributed by atoms with Crippen LogP contribution in [-0.4, -0.2) is 56.5 Å². The lowest BCUT2D eigenvalue weighted by Gasteiger charge is -2.20. The van der Waals surface area contributed by atoms with Gasteiger partial charge in [0.05, 0.1) is 15.6 Å². The van der Waals surface area contributed by atoms with Crippen molar-refractivity contribution in [1.82, 2.24) is 24.4 Å². The Hall–Kier alpha value is -1.38. The molecule has 2 aromatic rings. The number of fused-ring (bicyclic) bond motifs is 1. The monoisotopic (exact) mass is 349 g/mol. The van der Waals surface area contributed by atoms with Gasteiger partial charge in [-0.25, -0.2) is 4.98 Å². The first-order valence-electron chi connectivity index (χ1n) is 7.81. The summed E-state index contributed by atoms with van der Waals surface area (Å²) < 4.78 is 3.88. The van der Waals surface area contributed by atoms with Crippen molar-refractivity contribution in [3.8, 4) is 0 Å². The van der Waals surface area contributed by atoms with Gasteiger partial charge >= 0.3 is 0 Å². The molecule has 6 nitrogen and oxygen atoms in total. The van der Waals surface area contributed by atoms with Gasteiger partial charge in [-0.15, -0.1) is 16.4 Å². The zero-order chi connectivity index (χ0) is 16.0. The summed E-state index contributed by atoms with van der Waals surface area (Å²) in [6.45, 7) is 8.68. The van der Waals surface area contributed by atoms with Crippen LogP contribution in [0.5, 0.6) is 0 Å². The third-order valence-electron chi connectivity index (χ3n) is 4.76. The molecule has 2 aliphatic heterocycles. The van der Waals surface area contributed by atoms with Gasteiger partial charge in [-0.3, -0.25) is 9.69 Å². The predicted molar refractivity (Wildman–Crippen MR) is 89.7 cm³/mol. The molecular formula is C15H19N5OS2. The van der Waals surface area contributed by atoms with Gasteiger partial charge in [0.15, 0.2) is 5.69 Å². The molecule has 2 saturated heterocycles. The van der Waals surface area contributed by atoms with Gasteiger partial charge in [0.25, 0.3) is 5.91 Å². The maximum Gasteiger partial charge on any atom is 0.275 e. The van der Waals surface area contributed by atoms with E-state index in [-0.39, 0.29) is 5.91 Å². The Kier molecular flexibility index (Phi) is 3.90. The lowest BCUT2D eigenvalue weighted by atomic mass is 10.0. The molecule has 2 aromatic heterocycles. The predicted octanol–water partition coefficient (Wildman–Crippen LogP) is 1.82. The highest BCUT2D eigenvalue weighted by molar-refractivity contribution is 7.09. The highest BCUT2D eigenvalue weighted by Gasteiger charge is 2.42. The average molecular weight is 349 g/mol. The lowest BCUT2D eigenvalue weighted by molar-refractivity contribution is 0.0767. The average Bonchev–Trinajstić information content (AvgIpc) is 3.23. The number of hydrogen-bond donors (Lipinski definition) is 0. The molecule has 2 atom stereocenters. The van der Waals surface area contributed by atoms with E-state index in [0.29, 0.717) is 17.5 Å². The van der Waals surface area contributed by atoms with Crippen molar-refractivity contribution < 1.29 is 4.79 Å². The Morgan fingerprint density at radius 1 is 1.26 bits per heavy atom. The molecule has 0 unspecified atom stereocenters. The van der Waals surface area contributed by atoms with Crippen molar-refractivity contribution in [3.05, 3.63) is 26.7 Å². The lowest BCUT2D eigenvalue weighted by Crippen LogP contribution is -2.33. The molecule has 0 bridgehead atoms. The summed E-state index contributed by atoms with van der Waals surface area (Å²) in [4.78, 5) is 22.4. The molecule has 8 heteroatoms. The number of thiazole rings is 1. The Bertz CT molecular complexity index is 713. The van der Waals surface area contributed by atoms with Crippen LogP contribution in [0.1, 0.15) is 26.1 Å². The second-order valence-corrected chi connectivity index (χ2v) is 8.48. The SMILES string of the molecule is Cc1nc(CN2C[C@@H]3CN(C(=O)c4nnsc4C)C[C@@H]3C2)cs1. The third kappa shape index (κ3) is 2.90. The topological polar surface area (TPSA) is 62.2 Å².